The number of aromatic nitrogens is 2. The fourth-order valence-electron chi connectivity index (χ4n) is 4.55. The fourth-order valence-corrected chi connectivity index (χ4v) is 5.53. The summed E-state index contributed by atoms with van der Waals surface area (Å²) in [6.07, 6.45) is 4.89. The number of carbonyl (C=O) groups is 1. The summed E-state index contributed by atoms with van der Waals surface area (Å²) in [5, 5.41) is 25.2. The van der Waals surface area contributed by atoms with Crippen LogP contribution in [0.15, 0.2) is 71.9 Å². The number of H-pyrrole nitrogens is 1. The second-order valence-corrected chi connectivity index (χ2v) is 11.0. The van der Waals surface area contributed by atoms with E-state index < -0.39 is 31.4 Å². The van der Waals surface area contributed by atoms with Gasteiger partial charge in [-0.1, -0.05) is 12.1 Å². The molecule has 1 fully saturated rings. The number of pyridine rings is 1. The van der Waals surface area contributed by atoms with Crippen molar-refractivity contribution in [1.82, 2.24) is 14.7 Å². The zero-order valence-electron chi connectivity index (χ0n) is 20.5. The number of nitrogens with one attached hydrogen (secondary N) is 3. The van der Waals surface area contributed by atoms with E-state index >= 15 is 0 Å². The number of anilines is 1. The summed E-state index contributed by atoms with van der Waals surface area (Å²) in [4.78, 5) is 30.8. The molecule has 0 bridgehead atoms. The molecule has 202 valence electrons. The van der Waals surface area contributed by atoms with Crippen LogP contribution in [0.5, 0.6) is 11.5 Å². The number of nitro benzene ring substituents is 1. The Morgan fingerprint density at radius 3 is 2.77 bits per heavy atom. The number of carbonyl (C=O) groups excluding carboxylic acids is 1. The van der Waals surface area contributed by atoms with Crippen molar-refractivity contribution in [2.45, 2.75) is 30.3 Å². The molecule has 1 aliphatic carbocycles. The molecule has 0 unspecified atom stereocenters. The Labute approximate surface area is 223 Å². The highest BCUT2D eigenvalue weighted by atomic mass is 32.2. The number of para-hydroxylation sites is 1. The minimum absolute atomic E-state index is 0.0539. The van der Waals surface area contributed by atoms with Gasteiger partial charge in [0.1, 0.15) is 22.8 Å². The van der Waals surface area contributed by atoms with Crippen LogP contribution in [0.3, 0.4) is 0 Å². The molecule has 0 spiro atoms. The molecule has 2 atom stereocenters. The van der Waals surface area contributed by atoms with E-state index in [1.54, 1.807) is 30.5 Å². The Hall–Kier alpha value is -4.49. The molecule has 2 heterocycles. The van der Waals surface area contributed by atoms with Gasteiger partial charge in [0.2, 0.25) is 0 Å². The van der Waals surface area contributed by atoms with Crippen LogP contribution < -0.4 is 14.8 Å². The van der Waals surface area contributed by atoms with Gasteiger partial charge >= 0.3 is 0 Å². The highest BCUT2D eigenvalue weighted by Crippen LogP contribution is 2.31. The number of aliphatic hydroxyl groups excluding tert-OH is 1. The maximum absolute atomic E-state index is 13.0. The predicted octanol–water partition coefficient (Wildman–Crippen LogP) is 3.96. The van der Waals surface area contributed by atoms with E-state index in [0.29, 0.717) is 30.8 Å². The van der Waals surface area contributed by atoms with Crippen molar-refractivity contribution in [1.29, 1.82) is 0 Å². The molecule has 2 aromatic heterocycles. The van der Waals surface area contributed by atoms with Crippen molar-refractivity contribution in [2.24, 2.45) is 5.92 Å². The highest BCUT2D eigenvalue weighted by Gasteiger charge is 2.27. The van der Waals surface area contributed by atoms with Gasteiger partial charge in [0.15, 0.2) is 0 Å². The molecule has 1 saturated carbocycles. The van der Waals surface area contributed by atoms with Gasteiger partial charge in [-0.3, -0.25) is 14.9 Å². The van der Waals surface area contributed by atoms with Crippen molar-refractivity contribution in [2.75, 3.05) is 11.9 Å². The Bertz CT molecular complexity index is 1650. The second-order valence-electron chi connectivity index (χ2n) is 9.27. The van der Waals surface area contributed by atoms with Gasteiger partial charge < -0.3 is 20.1 Å². The number of hydrogen-bond acceptors (Lipinski definition) is 9. The normalized spacial score (nSPS) is 17.2. The van der Waals surface area contributed by atoms with Crippen molar-refractivity contribution >= 4 is 38.3 Å². The number of ether oxygens (including phenoxy) is 1. The number of sulfonamides is 1. The monoisotopic (exact) mass is 551 g/mol. The van der Waals surface area contributed by atoms with Crippen LogP contribution in [0, 0.1) is 16.0 Å². The molecule has 2 aromatic carbocycles. The second kappa shape index (κ2) is 10.7. The van der Waals surface area contributed by atoms with E-state index in [9.17, 15) is 28.4 Å². The van der Waals surface area contributed by atoms with E-state index in [1.807, 2.05) is 4.72 Å². The minimum atomic E-state index is -4.47. The summed E-state index contributed by atoms with van der Waals surface area (Å²) in [6, 6.07) is 13.0. The SMILES string of the molecule is O=C(NS(=O)(=O)c1ccc(NC[C@@H]2CC[C@@H](O)C2)c([N+](=O)[O-])c1)c1ccccc1Oc1cnc2[nH]ccc2c1. The van der Waals surface area contributed by atoms with Gasteiger partial charge in [-0.05, 0) is 61.6 Å². The summed E-state index contributed by atoms with van der Waals surface area (Å²) in [5.74, 6) is -0.364. The molecule has 1 aliphatic rings. The van der Waals surface area contributed by atoms with E-state index in [-0.39, 0.29) is 29.0 Å². The van der Waals surface area contributed by atoms with Gasteiger partial charge in [0.05, 0.1) is 27.7 Å². The van der Waals surface area contributed by atoms with Gasteiger partial charge in [-0.15, -0.1) is 0 Å². The molecule has 1 amide bonds. The standard InChI is InChI=1S/C26H25N5O7S/c32-18-6-5-16(11-18)14-28-22-8-7-20(13-23(22)31(34)35)39(36,37)30-26(33)21-3-1-2-4-24(21)38-19-12-17-9-10-27-25(17)29-15-19/h1-4,7-10,12-13,15-16,18,28,32H,5-6,11,14H2,(H,27,29)(H,30,33)/t16-,18-/m1/s1. The van der Waals surface area contributed by atoms with Crippen LogP contribution in [0.2, 0.25) is 0 Å². The molecular formula is C26H25N5O7S. The number of aromatic amines is 1. The van der Waals surface area contributed by atoms with Crippen LogP contribution in [0.25, 0.3) is 11.0 Å². The molecule has 0 saturated heterocycles. The Balaban J connectivity index is 1.33. The van der Waals surface area contributed by atoms with Crippen molar-refractivity contribution in [3.63, 3.8) is 0 Å². The number of hydrogen-bond donors (Lipinski definition) is 4. The van der Waals surface area contributed by atoms with Crippen LogP contribution >= 0.6 is 0 Å². The van der Waals surface area contributed by atoms with Crippen LogP contribution in [-0.4, -0.2) is 47.0 Å². The van der Waals surface area contributed by atoms with Crippen LogP contribution in [-0.2, 0) is 10.0 Å². The molecule has 4 aromatic rings. The van der Waals surface area contributed by atoms with E-state index in [0.717, 1.165) is 17.9 Å². The first kappa shape index (κ1) is 26.1. The van der Waals surface area contributed by atoms with Crippen molar-refractivity contribution in [3.05, 3.63) is 82.7 Å². The van der Waals surface area contributed by atoms with Gasteiger partial charge in [-0.2, -0.15) is 0 Å². The van der Waals surface area contributed by atoms with E-state index in [2.05, 4.69) is 15.3 Å². The number of fused-ring (bicyclic) bond motifs is 1. The lowest BCUT2D eigenvalue weighted by Crippen LogP contribution is -2.31. The van der Waals surface area contributed by atoms with Gasteiger partial charge in [-0.25, -0.2) is 18.1 Å². The van der Waals surface area contributed by atoms with E-state index in [1.165, 1.54) is 30.5 Å². The Morgan fingerprint density at radius 1 is 1.18 bits per heavy atom. The quantitative estimate of drug-likeness (QED) is 0.177. The Kier molecular flexibility index (Phi) is 7.17. The minimum Gasteiger partial charge on any atom is -0.455 e. The highest BCUT2D eigenvalue weighted by molar-refractivity contribution is 7.90. The third-order valence-corrected chi connectivity index (χ3v) is 7.86. The lowest BCUT2D eigenvalue weighted by molar-refractivity contribution is -0.384. The molecule has 0 aliphatic heterocycles. The first-order chi connectivity index (χ1) is 18.7. The molecule has 0 radical (unpaired) electrons. The predicted molar refractivity (Wildman–Crippen MR) is 142 cm³/mol. The van der Waals surface area contributed by atoms with Crippen molar-refractivity contribution in [3.8, 4) is 11.5 Å². The summed E-state index contributed by atoms with van der Waals surface area (Å²) in [6.45, 7) is 0.407. The van der Waals surface area contributed by atoms with Crippen LogP contribution in [0.4, 0.5) is 11.4 Å². The number of aliphatic hydroxyl groups is 1. The maximum Gasteiger partial charge on any atom is 0.293 e. The summed E-state index contributed by atoms with van der Waals surface area (Å²) in [7, 11) is -4.47. The molecular weight excluding hydrogens is 526 g/mol. The topological polar surface area (TPSA) is 177 Å². The average molecular weight is 552 g/mol. The molecule has 5 rings (SSSR count). The first-order valence-corrected chi connectivity index (χ1v) is 13.7. The zero-order valence-corrected chi connectivity index (χ0v) is 21.3. The number of amides is 1. The number of benzene rings is 2. The first-order valence-electron chi connectivity index (χ1n) is 12.2. The summed E-state index contributed by atoms with van der Waals surface area (Å²) in [5.41, 5.74) is 0.313. The lowest BCUT2D eigenvalue weighted by Gasteiger charge is -2.14. The maximum atomic E-state index is 13.0. The summed E-state index contributed by atoms with van der Waals surface area (Å²) >= 11 is 0. The Morgan fingerprint density at radius 2 is 2.00 bits per heavy atom. The fraction of sp³-hybridized carbons (Fsp3) is 0.231. The number of rotatable bonds is 9. The van der Waals surface area contributed by atoms with Gasteiger partial charge in [0, 0.05) is 24.2 Å². The van der Waals surface area contributed by atoms with Crippen molar-refractivity contribution < 1.29 is 28.0 Å². The lowest BCUT2D eigenvalue weighted by atomic mass is 10.1. The third kappa shape index (κ3) is 5.84. The van der Waals surface area contributed by atoms with Gasteiger partial charge in [0.25, 0.3) is 21.6 Å². The molecule has 12 nitrogen and oxygen atoms in total. The smallest absolute Gasteiger partial charge is 0.293 e. The number of nitro groups is 1. The third-order valence-electron chi connectivity index (χ3n) is 6.53. The summed E-state index contributed by atoms with van der Waals surface area (Å²) < 4.78 is 33.9. The average Bonchev–Trinajstić information content (AvgIpc) is 3.55. The number of nitrogens with zero attached hydrogens (tertiary/aromatic N) is 2. The van der Waals surface area contributed by atoms with Crippen LogP contribution in [0.1, 0.15) is 29.6 Å². The molecule has 4 N–H and O–H groups in total. The van der Waals surface area contributed by atoms with E-state index in [4.69, 9.17) is 4.74 Å². The molecule has 39 heavy (non-hydrogen) atoms. The largest absolute Gasteiger partial charge is 0.455 e. The zero-order chi connectivity index (χ0) is 27.6. The molecule has 13 heteroatoms.